The van der Waals surface area contributed by atoms with Crippen LogP contribution in [0.25, 0.3) is 0 Å². The van der Waals surface area contributed by atoms with E-state index in [0.717, 1.165) is 5.46 Å². The molecular formula is C16H28BNO3. The first-order valence-electron chi connectivity index (χ1n) is 7.57. The van der Waals surface area contributed by atoms with E-state index in [1.165, 1.54) is 0 Å². The van der Waals surface area contributed by atoms with Crippen molar-refractivity contribution in [1.82, 2.24) is 4.98 Å². The largest absolute Gasteiger partial charge is 0.496 e. The van der Waals surface area contributed by atoms with Crippen LogP contribution < -0.4 is 5.46 Å². The summed E-state index contributed by atoms with van der Waals surface area (Å²) in [5, 5.41) is 9.89. The van der Waals surface area contributed by atoms with Gasteiger partial charge in [0.1, 0.15) is 5.60 Å². The normalized spacial score (nSPS) is 20.0. The molecule has 118 valence electrons. The molecule has 0 saturated carbocycles. The van der Waals surface area contributed by atoms with Crippen LogP contribution in [-0.2, 0) is 14.9 Å². The van der Waals surface area contributed by atoms with Crippen LogP contribution in [0.5, 0.6) is 0 Å². The highest BCUT2D eigenvalue weighted by Gasteiger charge is 2.51. The minimum Gasteiger partial charge on any atom is -0.399 e. The van der Waals surface area contributed by atoms with Gasteiger partial charge in [-0.2, -0.15) is 0 Å². The molecule has 0 bridgehead atoms. The molecule has 1 aromatic heterocycles. The molecule has 2 heterocycles. The molecule has 1 saturated heterocycles. The predicted octanol–water partition coefficient (Wildman–Crippen LogP) is 2.63. The molecule has 4 nitrogen and oxygen atoms in total. The van der Waals surface area contributed by atoms with Gasteiger partial charge in [0.25, 0.3) is 0 Å². The Morgan fingerprint density at radius 1 is 1.05 bits per heavy atom. The van der Waals surface area contributed by atoms with Gasteiger partial charge in [-0.1, -0.05) is 19.9 Å². The summed E-state index contributed by atoms with van der Waals surface area (Å²) in [7, 11) is -0.409. The molecular weight excluding hydrogens is 265 g/mol. The molecule has 0 radical (unpaired) electrons. The molecule has 2 rings (SSSR count). The molecule has 1 N–H and O–H groups in total. The SMILES string of the molecule is CC.CC(C)(O)c1ccc(B2OC(C)(C)C(C)(C)O2)cn1. The zero-order valence-corrected chi connectivity index (χ0v) is 14.5. The van der Waals surface area contributed by atoms with Crippen molar-refractivity contribution in [3.8, 4) is 0 Å². The lowest BCUT2D eigenvalue weighted by molar-refractivity contribution is 0.00578. The number of nitrogens with zero attached hydrogens (tertiary/aromatic N) is 1. The Morgan fingerprint density at radius 2 is 1.52 bits per heavy atom. The monoisotopic (exact) mass is 293 g/mol. The zero-order valence-electron chi connectivity index (χ0n) is 14.5. The van der Waals surface area contributed by atoms with E-state index in [1.54, 1.807) is 26.1 Å². The van der Waals surface area contributed by atoms with Gasteiger partial charge in [-0.3, -0.25) is 4.98 Å². The molecule has 0 aromatic carbocycles. The number of pyridine rings is 1. The van der Waals surface area contributed by atoms with E-state index >= 15 is 0 Å². The van der Waals surface area contributed by atoms with E-state index in [9.17, 15) is 5.11 Å². The Labute approximate surface area is 129 Å². The van der Waals surface area contributed by atoms with Crippen molar-refractivity contribution >= 4 is 12.6 Å². The van der Waals surface area contributed by atoms with Crippen molar-refractivity contribution in [1.29, 1.82) is 0 Å². The molecule has 0 unspecified atom stereocenters. The molecule has 1 aromatic rings. The van der Waals surface area contributed by atoms with Gasteiger partial charge in [0.15, 0.2) is 0 Å². The van der Waals surface area contributed by atoms with Crippen molar-refractivity contribution in [2.45, 2.75) is 72.2 Å². The molecule has 1 aliphatic heterocycles. The second kappa shape index (κ2) is 6.07. The van der Waals surface area contributed by atoms with E-state index in [1.807, 2.05) is 47.6 Å². The third-order valence-electron chi connectivity index (χ3n) is 3.94. The van der Waals surface area contributed by atoms with Gasteiger partial charge in [0.2, 0.25) is 0 Å². The van der Waals surface area contributed by atoms with Gasteiger partial charge in [-0.25, -0.2) is 0 Å². The van der Waals surface area contributed by atoms with Gasteiger partial charge in [-0.05, 0) is 47.6 Å². The van der Waals surface area contributed by atoms with Gasteiger partial charge in [-0.15, -0.1) is 0 Å². The summed E-state index contributed by atoms with van der Waals surface area (Å²) in [5.41, 5.74) is -0.146. The molecule has 0 aliphatic carbocycles. The van der Waals surface area contributed by atoms with Crippen LogP contribution in [0.2, 0.25) is 0 Å². The van der Waals surface area contributed by atoms with Gasteiger partial charge >= 0.3 is 7.12 Å². The van der Waals surface area contributed by atoms with E-state index in [4.69, 9.17) is 9.31 Å². The summed E-state index contributed by atoms with van der Waals surface area (Å²) < 4.78 is 11.9. The first kappa shape index (κ1) is 18.1. The summed E-state index contributed by atoms with van der Waals surface area (Å²) in [5.74, 6) is 0. The minimum atomic E-state index is -0.936. The maximum atomic E-state index is 9.89. The number of hydrogen-bond acceptors (Lipinski definition) is 4. The smallest absolute Gasteiger partial charge is 0.399 e. The van der Waals surface area contributed by atoms with Crippen LogP contribution in [-0.4, -0.2) is 28.4 Å². The maximum absolute atomic E-state index is 9.89. The number of aliphatic hydroxyl groups is 1. The fourth-order valence-corrected chi connectivity index (χ4v) is 1.89. The molecule has 1 fully saturated rings. The Bertz CT molecular complexity index is 447. The lowest BCUT2D eigenvalue weighted by Gasteiger charge is -2.32. The van der Waals surface area contributed by atoms with E-state index in [2.05, 4.69) is 4.98 Å². The molecule has 1 aliphatic rings. The van der Waals surface area contributed by atoms with Crippen LogP contribution in [0.4, 0.5) is 0 Å². The van der Waals surface area contributed by atoms with Crippen molar-refractivity contribution in [2.24, 2.45) is 0 Å². The van der Waals surface area contributed by atoms with E-state index in [0.29, 0.717) is 5.69 Å². The van der Waals surface area contributed by atoms with Gasteiger partial charge < -0.3 is 14.4 Å². The average molecular weight is 293 g/mol. The standard InChI is InChI=1S/C14H22BNO3.C2H6/c1-12(2,17)11-8-7-10(9-16-11)15-18-13(3,4)14(5,6)19-15;1-2/h7-9,17H,1-6H3;1-2H3. The van der Waals surface area contributed by atoms with Crippen LogP contribution in [0, 0.1) is 0 Å². The van der Waals surface area contributed by atoms with Crippen molar-refractivity contribution in [3.05, 3.63) is 24.0 Å². The first-order valence-corrected chi connectivity index (χ1v) is 7.57. The predicted molar refractivity (Wildman–Crippen MR) is 86.5 cm³/mol. The summed E-state index contributed by atoms with van der Waals surface area (Å²) in [6.45, 7) is 15.5. The maximum Gasteiger partial charge on any atom is 0.496 e. The highest BCUT2D eigenvalue weighted by Crippen LogP contribution is 2.36. The van der Waals surface area contributed by atoms with Crippen LogP contribution in [0.1, 0.15) is 61.1 Å². The quantitative estimate of drug-likeness (QED) is 0.852. The van der Waals surface area contributed by atoms with E-state index in [-0.39, 0.29) is 11.2 Å². The van der Waals surface area contributed by atoms with Crippen molar-refractivity contribution in [3.63, 3.8) is 0 Å². The van der Waals surface area contributed by atoms with Gasteiger partial charge in [0, 0.05) is 11.7 Å². The van der Waals surface area contributed by atoms with Crippen LogP contribution in [0.3, 0.4) is 0 Å². The lowest BCUT2D eigenvalue weighted by atomic mass is 9.80. The highest BCUT2D eigenvalue weighted by atomic mass is 16.7. The second-order valence-electron chi connectivity index (χ2n) is 6.62. The van der Waals surface area contributed by atoms with Crippen molar-refractivity contribution in [2.75, 3.05) is 0 Å². The van der Waals surface area contributed by atoms with Crippen LogP contribution >= 0.6 is 0 Å². The Balaban J connectivity index is 0.00000106. The van der Waals surface area contributed by atoms with Crippen molar-refractivity contribution < 1.29 is 14.4 Å². The van der Waals surface area contributed by atoms with Gasteiger partial charge in [0.05, 0.1) is 16.9 Å². The number of aromatic nitrogens is 1. The molecule has 0 amide bonds. The summed E-state index contributed by atoms with van der Waals surface area (Å²) in [6.07, 6.45) is 1.70. The number of hydrogen-bond donors (Lipinski definition) is 1. The lowest BCUT2D eigenvalue weighted by Crippen LogP contribution is -2.41. The average Bonchev–Trinajstić information content (AvgIpc) is 2.60. The third kappa shape index (κ3) is 3.85. The summed E-state index contributed by atoms with van der Waals surface area (Å²) >= 11 is 0. The fraction of sp³-hybridized carbons (Fsp3) is 0.688. The zero-order chi connectivity index (χ0) is 16.5. The Morgan fingerprint density at radius 3 is 1.86 bits per heavy atom. The third-order valence-corrected chi connectivity index (χ3v) is 3.94. The topological polar surface area (TPSA) is 51.6 Å². The fourth-order valence-electron chi connectivity index (χ4n) is 1.89. The first-order chi connectivity index (χ1) is 9.53. The Kier molecular flexibility index (Phi) is 5.24. The minimum absolute atomic E-state index is 0.355. The molecule has 5 heteroatoms. The molecule has 0 atom stereocenters. The number of rotatable bonds is 2. The molecule has 0 spiro atoms. The molecule has 21 heavy (non-hydrogen) atoms. The second-order valence-corrected chi connectivity index (χ2v) is 6.62. The summed E-state index contributed by atoms with van der Waals surface area (Å²) in [6, 6.07) is 3.70. The highest BCUT2D eigenvalue weighted by molar-refractivity contribution is 6.62. The van der Waals surface area contributed by atoms with Crippen LogP contribution in [0.15, 0.2) is 18.3 Å². The summed E-state index contributed by atoms with van der Waals surface area (Å²) in [4.78, 5) is 4.28. The van der Waals surface area contributed by atoms with E-state index < -0.39 is 12.7 Å². The Hall–Kier alpha value is -0.905.